The Morgan fingerprint density at radius 1 is 1.00 bits per heavy atom. The smallest absolute Gasteiger partial charge is 0.128 e. The quantitative estimate of drug-likeness (QED) is 0.261. The zero-order valence-electron chi connectivity index (χ0n) is 22.2. The minimum Gasteiger partial charge on any atom is -0.403 e. The van der Waals surface area contributed by atoms with Crippen LogP contribution in [-0.2, 0) is 13.6 Å². The molecule has 0 radical (unpaired) electrons. The molecule has 1 aliphatic heterocycles. The van der Waals surface area contributed by atoms with Crippen LogP contribution < -0.4 is 10.6 Å². The third-order valence-electron chi connectivity index (χ3n) is 6.72. The van der Waals surface area contributed by atoms with E-state index in [1.165, 1.54) is 11.8 Å². The summed E-state index contributed by atoms with van der Waals surface area (Å²) < 4.78 is 1.75. The molecule has 4 aromatic rings. The molecule has 1 aliphatic rings. The molecule has 1 fully saturated rings. The van der Waals surface area contributed by atoms with E-state index in [9.17, 15) is 5.26 Å². The van der Waals surface area contributed by atoms with Crippen LogP contribution in [0.4, 0.5) is 5.82 Å². The molecule has 10 heteroatoms. The van der Waals surface area contributed by atoms with Crippen LogP contribution in [0.25, 0.3) is 27.8 Å². The number of nitrogens with two attached hydrogens (primary N) is 1. The van der Waals surface area contributed by atoms with E-state index in [2.05, 4.69) is 50.0 Å². The van der Waals surface area contributed by atoms with Gasteiger partial charge in [0.05, 0.1) is 22.5 Å². The molecule has 0 amide bonds. The molecule has 198 valence electrons. The van der Waals surface area contributed by atoms with Crippen molar-refractivity contribution >= 4 is 23.2 Å². The Morgan fingerprint density at radius 2 is 1.82 bits per heavy atom. The van der Waals surface area contributed by atoms with Gasteiger partial charge in [-0.05, 0) is 35.6 Å². The van der Waals surface area contributed by atoms with Gasteiger partial charge in [-0.3, -0.25) is 14.6 Å². The van der Waals surface area contributed by atoms with Crippen molar-refractivity contribution in [3.05, 3.63) is 78.8 Å². The Morgan fingerprint density at radius 3 is 2.44 bits per heavy atom. The highest BCUT2D eigenvalue weighted by atomic mass is 32.2. The number of piperazine rings is 1. The largest absolute Gasteiger partial charge is 0.403 e. The minimum atomic E-state index is 0.317. The number of aromatic nitrogens is 5. The molecule has 0 bridgehead atoms. The van der Waals surface area contributed by atoms with E-state index in [1.54, 1.807) is 28.8 Å². The average Bonchev–Trinajstić information content (AvgIpc) is 3.42. The van der Waals surface area contributed by atoms with Crippen molar-refractivity contribution in [1.82, 2.24) is 29.6 Å². The number of hydrogen-bond acceptors (Lipinski definition) is 9. The molecule has 5 heterocycles. The monoisotopic (exact) mass is 537 g/mol. The summed E-state index contributed by atoms with van der Waals surface area (Å²) in [5, 5.41) is 15.0. The molecule has 2 N–H and O–H groups in total. The zero-order chi connectivity index (χ0) is 27.2. The van der Waals surface area contributed by atoms with Gasteiger partial charge in [0.25, 0.3) is 0 Å². The molecular formula is C29H31N9S. The Labute approximate surface area is 233 Å². The topological polar surface area (TPSA) is 113 Å². The van der Waals surface area contributed by atoms with Crippen LogP contribution in [0, 0.1) is 11.3 Å². The van der Waals surface area contributed by atoms with E-state index in [0.29, 0.717) is 11.3 Å². The molecule has 39 heavy (non-hydrogen) atoms. The first-order chi connectivity index (χ1) is 19.1. The lowest BCUT2D eigenvalue weighted by Crippen LogP contribution is -2.46. The van der Waals surface area contributed by atoms with Gasteiger partial charge in [0.2, 0.25) is 0 Å². The van der Waals surface area contributed by atoms with Crippen molar-refractivity contribution in [1.29, 1.82) is 5.26 Å². The van der Waals surface area contributed by atoms with Crippen molar-refractivity contribution in [2.75, 3.05) is 36.8 Å². The molecular weight excluding hydrogens is 506 g/mol. The molecule has 0 atom stereocenters. The van der Waals surface area contributed by atoms with E-state index >= 15 is 0 Å². The van der Waals surface area contributed by atoms with Crippen LogP contribution in [-0.4, -0.2) is 61.6 Å². The predicted molar refractivity (Wildman–Crippen MR) is 156 cm³/mol. The van der Waals surface area contributed by atoms with Gasteiger partial charge in [-0.1, -0.05) is 13.0 Å². The summed E-state index contributed by atoms with van der Waals surface area (Å²) in [6.45, 7) is 6.78. The highest BCUT2D eigenvalue weighted by molar-refractivity contribution is 7.99. The standard InChI is InChI=1S/C29H31N9S/c1-3-39-28-7-4-21(15-33-28)19-37-8-10-38(11-9-37)27-6-5-22(16-32-27)26-12-23(25-18-35-36(2)20-25)17-34-29(26)24(13-30)14-31/h4-7,12-13,15-18,20H,3,8-11,19,30H2,1-2H3. The fourth-order valence-electron chi connectivity index (χ4n) is 4.66. The Bertz CT molecular complexity index is 1480. The number of anilines is 1. The molecule has 0 aliphatic carbocycles. The van der Waals surface area contributed by atoms with Gasteiger partial charge in [0.15, 0.2) is 0 Å². The number of thioether (sulfide) groups is 1. The maximum atomic E-state index is 9.62. The van der Waals surface area contributed by atoms with Gasteiger partial charge in [-0.2, -0.15) is 10.4 Å². The lowest BCUT2D eigenvalue weighted by atomic mass is 9.98. The van der Waals surface area contributed by atoms with E-state index in [4.69, 9.17) is 10.7 Å². The lowest BCUT2D eigenvalue weighted by molar-refractivity contribution is 0.249. The number of hydrogen-bond donors (Lipinski definition) is 1. The summed E-state index contributed by atoms with van der Waals surface area (Å²) in [6, 6.07) is 12.5. The molecule has 0 spiro atoms. The van der Waals surface area contributed by atoms with Crippen LogP contribution in [0.3, 0.4) is 0 Å². The second kappa shape index (κ2) is 12.1. The first-order valence-electron chi connectivity index (χ1n) is 12.9. The number of pyridine rings is 3. The van der Waals surface area contributed by atoms with Gasteiger partial charge in [-0.15, -0.1) is 11.8 Å². The summed E-state index contributed by atoms with van der Waals surface area (Å²) in [7, 11) is 1.88. The molecule has 0 saturated carbocycles. The normalized spacial score (nSPS) is 14.4. The van der Waals surface area contributed by atoms with E-state index < -0.39 is 0 Å². The SMILES string of the molecule is CCSc1ccc(CN2CCN(c3ccc(-c4cc(-c5cnn(C)c5)cnc4C(C#N)=CN)cn3)CC2)cn1. The van der Waals surface area contributed by atoms with Gasteiger partial charge in [-0.25, -0.2) is 9.97 Å². The van der Waals surface area contributed by atoms with Crippen molar-refractivity contribution < 1.29 is 0 Å². The van der Waals surface area contributed by atoms with Crippen molar-refractivity contribution in [2.45, 2.75) is 18.5 Å². The summed E-state index contributed by atoms with van der Waals surface area (Å²) in [4.78, 5) is 18.7. The summed E-state index contributed by atoms with van der Waals surface area (Å²) in [5.41, 5.74) is 11.4. The summed E-state index contributed by atoms with van der Waals surface area (Å²) >= 11 is 1.76. The highest BCUT2D eigenvalue weighted by Gasteiger charge is 2.19. The Kier molecular flexibility index (Phi) is 8.20. The predicted octanol–water partition coefficient (Wildman–Crippen LogP) is 4.20. The maximum absolute atomic E-state index is 9.62. The molecule has 0 unspecified atom stereocenters. The average molecular weight is 538 g/mol. The van der Waals surface area contributed by atoms with Crippen molar-refractivity contribution in [2.24, 2.45) is 12.8 Å². The van der Waals surface area contributed by atoms with E-state index in [0.717, 1.165) is 71.6 Å². The Balaban J connectivity index is 1.30. The third kappa shape index (κ3) is 6.11. The van der Waals surface area contributed by atoms with Crippen molar-refractivity contribution in [3.63, 3.8) is 0 Å². The molecule has 1 saturated heterocycles. The van der Waals surface area contributed by atoms with E-state index in [-0.39, 0.29) is 0 Å². The first-order valence-corrected chi connectivity index (χ1v) is 13.9. The fourth-order valence-corrected chi connectivity index (χ4v) is 5.25. The van der Waals surface area contributed by atoms with Crippen LogP contribution in [0.5, 0.6) is 0 Å². The zero-order valence-corrected chi connectivity index (χ0v) is 23.0. The summed E-state index contributed by atoms with van der Waals surface area (Å²) in [6.07, 6.45) is 10.6. The number of rotatable bonds is 8. The number of nitriles is 1. The van der Waals surface area contributed by atoms with Gasteiger partial charge >= 0.3 is 0 Å². The van der Waals surface area contributed by atoms with Crippen LogP contribution >= 0.6 is 11.8 Å². The second-order valence-corrected chi connectivity index (χ2v) is 10.6. The minimum absolute atomic E-state index is 0.317. The van der Waals surface area contributed by atoms with Gasteiger partial charge < -0.3 is 10.6 Å². The van der Waals surface area contributed by atoms with E-state index in [1.807, 2.05) is 43.8 Å². The van der Waals surface area contributed by atoms with Crippen LogP contribution in [0.2, 0.25) is 0 Å². The lowest BCUT2D eigenvalue weighted by Gasteiger charge is -2.35. The number of nitrogens with zero attached hydrogens (tertiary/aromatic N) is 8. The Hall–Kier alpha value is -4.20. The van der Waals surface area contributed by atoms with Crippen LogP contribution in [0.1, 0.15) is 18.2 Å². The van der Waals surface area contributed by atoms with Gasteiger partial charge in [0, 0.05) is 93.0 Å². The first kappa shape index (κ1) is 26.4. The molecule has 4 aromatic heterocycles. The number of aryl methyl sites for hydroxylation is 1. The highest BCUT2D eigenvalue weighted by Crippen LogP contribution is 2.32. The fraction of sp³-hybridized carbons (Fsp3) is 0.276. The van der Waals surface area contributed by atoms with Gasteiger partial charge in [0.1, 0.15) is 11.9 Å². The molecule has 9 nitrogen and oxygen atoms in total. The number of allylic oxidation sites excluding steroid dienone is 1. The second-order valence-electron chi connectivity index (χ2n) is 9.32. The van der Waals surface area contributed by atoms with Crippen molar-refractivity contribution in [3.8, 4) is 28.3 Å². The maximum Gasteiger partial charge on any atom is 0.128 e. The third-order valence-corrected chi connectivity index (χ3v) is 7.55. The van der Waals surface area contributed by atoms with Crippen LogP contribution in [0.15, 0.2) is 72.5 Å². The molecule has 0 aromatic carbocycles. The molecule has 5 rings (SSSR count). The summed E-state index contributed by atoms with van der Waals surface area (Å²) in [5.74, 6) is 1.97.